The van der Waals surface area contributed by atoms with Crippen LogP contribution in [0.1, 0.15) is 31.8 Å². The first-order valence-corrected chi connectivity index (χ1v) is 9.46. The lowest BCUT2D eigenvalue weighted by molar-refractivity contribution is 0.242. The van der Waals surface area contributed by atoms with E-state index >= 15 is 0 Å². The minimum absolute atomic E-state index is 0.103. The largest absolute Gasteiger partial charge is 0.406 e. The predicted molar refractivity (Wildman–Crippen MR) is 75.5 cm³/mol. The van der Waals surface area contributed by atoms with Crippen molar-refractivity contribution in [2.45, 2.75) is 45.0 Å². The van der Waals surface area contributed by atoms with Gasteiger partial charge in [-0.05, 0) is 29.6 Å². The van der Waals surface area contributed by atoms with Gasteiger partial charge in [0.05, 0.1) is 6.10 Å². The van der Waals surface area contributed by atoms with E-state index in [1.165, 1.54) is 23.0 Å². The van der Waals surface area contributed by atoms with Gasteiger partial charge in [-0.25, -0.2) is 0 Å². The summed E-state index contributed by atoms with van der Waals surface area (Å²) in [6, 6.07) is 7.78. The molecule has 90 valence electrons. The third-order valence-electron chi connectivity index (χ3n) is 3.35. The Morgan fingerprint density at radius 2 is 2.00 bits per heavy atom. The third-order valence-corrected chi connectivity index (χ3v) is 8.90. The van der Waals surface area contributed by atoms with Crippen LogP contribution in [0, 0.1) is 0 Å². The lowest BCUT2D eigenvalue weighted by Gasteiger charge is -2.31. The molecule has 0 aliphatic carbocycles. The molecule has 1 nitrogen and oxygen atoms in total. The fourth-order valence-electron chi connectivity index (χ4n) is 1.94. The fraction of sp³-hybridized carbons (Fsp3) is 0.538. The van der Waals surface area contributed by atoms with Gasteiger partial charge >= 0.3 is 0 Å². The number of rotatable bonds is 7. The predicted octanol–water partition coefficient (Wildman–Crippen LogP) is 5.00. The third kappa shape index (κ3) is 3.06. The zero-order valence-electron chi connectivity index (χ0n) is 10.5. The van der Waals surface area contributed by atoms with E-state index in [0.29, 0.717) is 0 Å². The number of hydrogen-bond acceptors (Lipinski definition) is 2. The van der Waals surface area contributed by atoms with Gasteiger partial charge in [-0.15, -0.1) is 17.9 Å². The van der Waals surface area contributed by atoms with Crippen LogP contribution in [0.15, 0.2) is 30.2 Å². The molecule has 0 aliphatic rings. The van der Waals surface area contributed by atoms with Crippen molar-refractivity contribution in [1.82, 2.24) is 0 Å². The van der Waals surface area contributed by atoms with Crippen molar-refractivity contribution in [3.05, 3.63) is 35.0 Å². The molecule has 0 aromatic carbocycles. The van der Waals surface area contributed by atoms with E-state index in [2.05, 4.69) is 44.9 Å². The molecule has 1 rings (SSSR count). The summed E-state index contributed by atoms with van der Waals surface area (Å²) < 4.78 is 6.41. The smallest absolute Gasteiger partial charge is 0.193 e. The molecule has 0 aliphatic heterocycles. The lowest BCUT2D eigenvalue weighted by Crippen LogP contribution is -2.36. The SMILES string of the molecule is C=C[C@H](O[Si](CC)(CC)CC)c1cccs1. The molecule has 0 radical (unpaired) electrons. The van der Waals surface area contributed by atoms with Gasteiger partial charge < -0.3 is 4.43 Å². The molecule has 1 heterocycles. The van der Waals surface area contributed by atoms with Crippen molar-refractivity contribution in [2.75, 3.05) is 0 Å². The molecule has 0 saturated heterocycles. The highest BCUT2D eigenvalue weighted by Crippen LogP contribution is 2.32. The van der Waals surface area contributed by atoms with Gasteiger partial charge in [-0.1, -0.05) is 32.9 Å². The van der Waals surface area contributed by atoms with Crippen LogP contribution in [0.4, 0.5) is 0 Å². The van der Waals surface area contributed by atoms with Crippen LogP contribution in [0.2, 0.25) is 18.1 Å². The van der Waals surface area contributed by atoms with Crippen molar-refractivity contribution >= 4 is 19.7 Å². The molecular weight excluding hydrogens is 232 g/mol. The molecule has 0 fully saturated rings. The van der Waals surface area contributed by atoms with Crippen LogP contribution in [-0.2, 0) is 4.43 Å². The van der Waals surface area contributed by atoms with Crippen molar-refractivity contribution in [2.24, 2.45) is 0 Å². The summed E-state index contributed by atoms with van der Waals surface area (Å²) in [7, 11) is -1.52. The van der Waals surface area contributed by atoms with E-state index in [9.17, 15) is 0 Å². The van der Waals surface area contributed by atoms with Crippen LogP contribution in [0.3, 0.4) is 0 Å². The Morgan fingerprint density at radius 1 is 1.38 bits per heavy atom. The maximum absolute atomic E-state index is 6.41. The molecule has 1 aromatic rings. The summed E-state index contributed by atoms with van der Waals surface area (Å²) >= 11 is 1.75. The van der Waals surface area contributed by atoms with E-state index in [4.69, 9.17) is 4.43 Å². The van der Waals surface area contributed by atoms with Gasteiger partial charge in [0, 0.05) is 4.88 Å². The molecule has 0 bridgehead atoms. The average Bonchev–Trinajstić information content (AvgIpc) is 2.85. The zero-order chi connectivity index (χ0) is 12.0. The minimum Gasteiger partial charge on any atom is -0.406 e. The van der Waals surface area contributed by atoms with Gasteiger partial charge in [0.1, 0.15) is 0 Å². The number of thiophene rings is 1. The van der Waals surface area contributed by atoms with Crippen LogP contribution < -0.4 is 0 Å². The van der Waals surface area contributed by atoms with Crippen molar-refractivity contribution in [3.63, 3.8) is 0 Å². The van der Waals surface area contributed by atoms with Crippen LogP contribution >= 0.6 is 11.3 Å². The van der Waals surface area contributed by atoms with Crippen LogP contribution in [0.5, 0.6) is 0 Å². The fourth-order valence-corrected chi connectivity index (χ4v) is 5.54. The Labute approximate surface area is 104 Å². The molecule has 1 aromatic heterocycles. The molecule has 3 heteroatoms. The average molecular weight is 254 g/mol. The summed E-state index contributed by atoms with van der Waals surface area (Å²) in [5.74, 6) is 0. The Morgan fingerprint density at radius 3 is 2.38 bits per heavy atom. The van der Waals surface area contributed by atoms with E-state index in [1.807, 2.05) is 6.08 Å². The summed E-state index contributed by atoms with van der Waals surface area (Å²) in [5, 5.41) is 2.10. The monoisotopic (exact) mass is 254 g/mol. The van der Waals surface area contributed by atoms with E-state index in [-0.39, 0.29) is 6.10 Å². The Balaban J connectivity index is 2.79. The maximum Gasteiger partial charge on any atom is 0.193 e. The van der Waals surface area contributed by atoms with Crippen LogP contribution in [-0.4, -0.2) is 8.32 Å². The minimum atomic E-state index is -1.52. The van der Waals surface area contributed by atoms with Gasteiger partial charge in [0.2, 0.25) is 0 Å². The Hall–Kier alpha value is -0.383. The first kappa shape index (κ1) is 13.7. The molecule has 1 atom stereocenters. The topological polar surface area (TPSA) is 9.23 Å². The molecule has 0 spiro atoms. The maximum atomic E-state index is 6.41. The summed E-state index contributed by atoms with van der Waals surface area (Å²) in [4.78, 5) is 1.28. The second kappa shape index (κ2) is 6.38. The van der Waals surface area contributed by atoms with Crippen molar-refractivity contribution in [3.8, 4) is 0 Å². The molecule has 0 saturated carbocycles. The summed E-state index contributed by atoms with van der Waals surface area (Å²) in [6.45, 7) is 10.7. The molecular formula is C13H22OSSi. The molecule has 16 heavy (non-hydrogen) atoms. The highest BCUT2D eigenvalue weighted by atomic mass is 32.1. The van der Waals surface area contributed by atoms with Gasteiger partial charge in [0.25, 0.3) is 0 Å². The first-order valence-electron chi connectivity index (χ1n) is 6.05. The summed E-state index contributed by atoms with van der Waals surface area (Å²) in [5.41, 5.74) is 0. The van der Waals surface area contributed by atoms with Gasteiger partial charge in [0.15, 0.2) is 8.32 Å². The number of hydrogen-bond donors (Lipinski definition) is 0. The zero-order valence-corrected chi connectivity index (χ0v) is 12.3. The van der Waals surface area contributed by atoms with Crippen molar-refractivity contribution < 1.29 is 4.43 Å². The summed E-state index contributed by atoms with van der Waals surface area (Å²) in [6.07, 6.45) is 2.04. The molecule has 0 unspecified atom stereocenters. The second-order valence-corrected chi connectivity index (χ2v) is 9.74. The van der Waals surface area contributed by atoms with Crippen molar-refractivity contribution in [1.29, 1.82) is 0 Å². The van der Waals surface area contributed by atoms with E-state index in [0.717, 1.165) is 0 Å². The van der Waals surface area contributed by atoms with Gasteiger partial charge in [-0.2, -0.15) is 0 Å². The first-order chi connectivity index (χ1) is 7.71. The highest BCUT2D eigenvalue weighted by molar-refractivity contribution is 7.10. The second-order valence-electron chi connectivity index (χ2n) is 4.03. The Kier molecular flexibility index (Phi) is 5.45. The quantitative estimate of drug-likeness (QED) is 0.491. The standard InChI is InChI=1S/C13H22OSSi/c1-5-12(13-10-9-11-15-13)14-16(6-2,7-3)8-4/h5,9-12H,1,6-8H2,2-4H3/t12-/m0/s1. The molecule has 0 N–H and O–H groups in total. The highest BCUT2D eigenvalue weighted by Gasteiger charge is 2.31. The van der Waals surface area contributed by atoms with Crippen LogP contribution in [0.25, 0.3) is 0 Å². The normalized spacial score (nSPS) is 13.7. The lowest BCUT2D eigenvalue weighted by atomic mass is 10.3. The Bertz CT molecular complexity index is 295. The van der Waals surface area contributed by atoms with E-state index < -0.39 is 8.32 Å². The molecule has 0 amide bonds. The van der Waals surface area contributed by atoms with Gasteiger partial charge in [-0.3, -0.25) is 0 Å². The van der Waals surface area contributed by atoms with E-state index in [1.54, 1.807) is 11.3 Å².